The van der Waals surface area contributed by atoms with Crippen molar-refractivity contribution in [2.24, 2.45) is 5.92 Å². The van der Waals surface area contributed by atoms with Crippen molar-refractivity contribution in [1.29, 1.82) is 0 Å². The summed E-state index contributed by atoms with van der Waals surface area (Å²) < 4.78 is 10.9. The number of hydrogen-bond donors (Lipinski definition) is 1. The molecule has 3 nitrogen and oxygen atoms in total. The average molecular weight is 270 g/mol. The van der Waals surface area contributed by atoms with Crippen molar-refractivity contribution < 1.29 is 9.47 Å². The minimum Gasteiger partial charge on any atom is -0.493 e. The lowest BCUT2D eigenvalue weighted by molar-refractivity contribution is 0.344. The van der Waals surface area contributed by atoms with Gasteiger partial charge in [0.05, 0.1) is 14.2 Å². The molecular weight excluding hydrogens is 250 g/mol. The highest BCUT2D eigenvalue weighted by molar-refractivity contribution is 5.85. The predicted octanol–water partition coefficient (Wildman–Crippen LogP) is 2.37. The second-order valence-electron chi connectivity index (χ2n) is 4.93. The lowest BCUT2D eigenvalue weighted by Gasteiger charge is -2.29. The average Bonchev–Trinajstić information content (AvgIpc) is 2.85. The van der Waals surface area contributed by atoms with E-state index >= 15 is 0 Å². The molecule has 1 fully saturated rings. The van der Waals surface area contributed by atoms with Crippen LogP contribution in [0.25, 0.3) is 0 Å². The van der Waals surface area contributed by atoms with Crippen LogP contribution in [0.3, 0.4) is 0 Å². The Morgan fingerprint density at radius 1 is 1.17 bits per heavy atom. The molecule has 100 valence electrons. The molecule has 2 atom stereocenters. The van der Waals surface area contributed by atoms with E-state index in [9.17, 15) is 0 Å². The molecule has 1 N–H and O–H groups in total. The van der Waals surface area contributed by atoms with Gasteiger partial charge >= 0.3 is 0 Å². The van der Waals surface area contributed by atoms with Gasteiger partial charge in [-0.1, -0.05) is 6.07 Å². The molecule has 0 saturated carbocycles. The van der Waals surface area contributed by atoms with Gasteiger partial charge in [-0.15, -0.1) is 12.4 Å². The fraction of sp³-hybridized carbons (Fsp3) is 0.571. The third-order valence-corrected chi connectivity index (χ3v) is 4.19. The van der Waals surface area contributed by atoms with Gasteiger partial charge in [-0.2, -0.15) is 0 Å². The summed E-state index contributed by atoms with van der Waals surface area (Å²) in [6.45, 7) is 2.27. The molecule has 1 aromatic rings. The fourth-order valence-corrected chi connectivity index (χ4v) is 3.34. The highest BCUT2D eigenvalue weighted by Gasteiger charge is 2.35. The van der Waals surface area contributed by atoms with E-state index in [1.165, 1.54) is 24.1 Å². The van der Waals surface area contributed by atoms with Gasteiger partial charge in [0.15, 0.2) is 11.5 Å². The second kappa shape index (κ2) is 5.37. The van der Waals surface area contributed by atoms with E-state index < -0.39 is 0 Å². The summed E-state index contributed by atoms with van der Waals surface area (Å²) in [6.07, 6.45) is 2.37. The van der Waals surface area contributed by atoms with Crippen LogP contribution < -0.4 is 14.8 Å². The summed E-state index contributed by atoms with van der Waals surface area (Å²) in [5.74, 6) is 3.27. The second-order valence-corrected chi connectivity index (χ2v) is 4.93. The van der Waals surface area contributed by atoms with Gasteiger partial charge in [0, 0.05) is 18.0 Å². The normalized spacial score (nSPS) is 24.8. The molecule has 0 bridgehead atoms. The number of hydrogen-bond acceptors (Lipinski definition) is 3. The molecule has 18 heavy (non-hydrogen) atoms. The molecule has 2 aliphatic rings. The third kappa shape index (κ3) is 1.95. The number of nitrogens with one attached hydrogen (secondary N) is 1. The highest BCUT2D eigenvalue weighted by Crippen LogP contribution is 2.45. The van der Waals surface area contributed by atoms with Gasteiger partial charge in [-0.3, -0.25) is 0 Å². The Kier molecular flexibility index (Phi) is 4.03. The zero-order valence-electron chi connectivity index (χ0n) is 10.9. The van der Waals surface area contributed by atoms with Crippen molar-refractivity contribution in [3.8, 4) is 11.5 Å². The van der Waals surface area contributed by atoms with E-state index in [0.717, 1.165) is 30.4 Å². The molecule has 0 amide bonds. The van der Waals surface area contributed by atoms with Gasteiger partial charge in [0.2, 0.25) is 0 Å². The van der Waals surface area contributed by atoms with Crippen LogP contribution in [-0.4, -0.2) is 27.3 Å². The summed E-state index contributed by atoms with van der Waals surface area (Å²) in [4.78, 5) is 0. The summed E-state index contributed by atoms with van der Waals surface area (Å²) in [5.41, 5.74) is 2.82. The van der Waals surface area contributed by atoms with Crippen molar-refractivity contribution in [2.45, 2.75) is 18.8 Å². The van der Waals surface area contributed by atoms with Crippen LogP contribution >= 0.6 is 12.4 Å². The number of fused-ring (bicyclic) bond motifs is 3. The summed E-state index contributed by atoms with van der Waals surface area (Å²) >= 11 is 0. The van der Waals surface area contributed by atoms with Crippen molar-refractivity contribution in [3.63, 3.8) is 0 Å². The fourth-order valence-electron chi connectivity index (χ4n) is 3.34. The lowest BCUT2D eigenvalue weighted by atomic mass is 9.76. The topological polar surface area (TPSA) is 30.5 Å². The first-order valence-electron chi connectivity index (χ1n) is 6.29. The van der Waals surface area contributed by atoms with Crippen LogP contribution in [0.1, 0.15) is 23.5 Å². The molecule has 1 heterocycles. The van der Waals surface area contributed by atoms with E-state index in [2.05, 4.69) is 11.4 Å². The van der Waals surface area contributed by atoms with Crippen LogP contribution in [0, 0.1) is 5.92 Å². The maximum atomic E-state index is 5.54. The van der Waals surface area contributed by atoms with E-state index in [-0.39, 0.29) is 12.4 Å². The first-order chi connectivity index (χ1) is 8.35. The number of methoxy groups -OCH3 is 2. The van der Waals surface area contributed by atoms with Gasteiger partial charge in [0.25, 0.3) is 0 Å². The van der Waals surface area contributed by atoms with Crippen molar-refractivity contribution in [1.82, 2.24) is 5.32 Å². The van der Waals surface area contributed by atoms with Crippen LogP contribution in [0.2, 0.25) is 0 Å². The van der Waals surface area contributed by atoms with Crippen LogP contribution in [0.4, 0.5) is 0 Å². The Morgan fingerprint density at radius 2 is 2.00 bits per heavy atom. The minimum atomic E-state index is 0. The molecule has 0 unspecified atom stereocenters. The smallest absolute Gasteiger partial charge is 0.164 e. The van der Waals surface area contributed by atoms with Gasteiger partial charge in [-0.25, -0.2) is 0 Å². The van der Waals surface area contributed by atoms with Gasteiger partial charge in [0.1, 0.15) is 0 Å². The van der Waals surface area contributed by atoms with Crippen molar-refractivity contribution in [2.75, 3.05) is 27.3 Å². The molecule has 0 aromatic heterocycles. The molecule has 0 radical (unpaired) electrons. The summed E-state index contributed by atoms with van der Waals surface area (Å²) in [7, 11) is 3.43. The summed E-state index contributed by atoms with van der Waals surface area (Å²) in [6, 6.07) is 4.26. The molecule has 1 aromatic carbocycles. The van der Waals surface area contributed by atoms with Crippen LogP contribution in [0.15, 0.2) is 12.1 Å². The Bertz CT molecular complexity index is 436. The zero-order chi connectivity index (χ0) is 11.8. The first-order valence-corrected chi connectivity index (χ1v) is 6.29. The lowest BCUT2D eigenvalue weighted by Crippen LogP contribution is -2.19. The van der Waals surface area contributed by atoms with Gasteiger partial charge in [-0.05, 0) is 36.9 Å². The quantitative estimate of drug-likeness (QED) is 0.894. The maximum Gasteiger partial charge on any atom is 0.164 e. The van der Waals surface area contributed by atoms with E-state index in [1.54, 1.807) is 14.2 Å². The molecule has 3 rings (SSSR count). The van der Waals surface area contributed by atoms with E-state index in [1.807, 2.05) is 6.07 Å². The Balaban J connectivity index is 0.00000120. The monoisotopic (exact) mass is 269 g/mol. The first kappa shape index (κ1) is 13.5. The summed E-state index contributed by atoms with van der Waals surface area (Å²) in [5, 5.41) is 3.50. The van der Waals surface area contributed by atoms with Crippen LogP contribution in [-0.2, 0) is 6.42 Å². The van der Waals surface area contributed by atoms with Crippen molar-refractivity contribution in [3.05, 3.63) is 23.3 Å². The van der Waals surface area contributed by atoms with Crippen molar-refractivity contribution >= 4 is 12.4 Å². The molecular formula is C14H20ClNO2. The standard InChI is InChI=1S/C14H19NO2.ClH/c1-16-13-6-5-10-11(14(13)17-2)4-3-9-7-15-8-12(9)10;/h5-6,9,12,15H,3-4,7-8H2,1-2H3;1H/t9-,12-;/m0./s1. The van der Waals surface area contributed by atoms with Crippen LogP contribution in [0.5, 0.6) is 11.5 Å². The number of ether oxygens (including phenoxy) is 2. The zero-order valence-corrected chi connectivity index (χ0v) is 11.7. The molecule has 1 aliphatic carbocycles. The molecule has 4 heteroatoms. The Labute approximate surface area is 114 Å². The Morgan fingerprint density at radius 3 is 2.72 bits per heavy atom. The predicted molar refractivity (Wildman–Crippen MR) is 74.2 cm³/mol. The number of halogens is 1. The highest BCUT2D eigenvalue weighted by atomic mass is 35.5. The third-order valence-electron chi connectivity index (χ3n) is 4.19. The van der Waals surface area contributed by atoms with E-state index in [0.29, 0.717) is 5.92 Å². The Hall–Kier alpha value is -0.930. The number of benzene rings is 1. The molecule has 0 spiro atoms. The molecule has 1 aliphatic heterocycles. The number of rotatable bonds is 2. The largest absolute Gasteiger partial charge is 0.493 e. The van der Waals surface area contributed by atoms with Gasteiger partial charge < -0.3 is 14.8 Å². The minimum absolute atomic E-state index is 0. The maximum absolute atomic E-state index is 5.54. The SMILES string of the molecule is COc1ccc2c(c1OC)CC[C@H]1CNC[C@H]21.Cl. The molecule has 1 saturated heterocycles. The van der Waals surface area contributed by atoms with E-state index in [4.69, 9.17) is 9.47 Å².